The number of aromatic nitrogens is 4. The van der Waals surface area contributed by atoms with Crippen LogP contribution in [-0.4, -0.2) is 44.3 Å². The van der Waals surface area contributed by atoms with Crippen molar-refractivity contribution in [3.8, 4) is 5.75 Å². The first-order valence-corrected chi connectivity index (χ1v) is 7.98. The van der Waals surface area contributed by atoms with Crippen LogP contribution in [0.15, 0.2) is 55.1 Å². The average molecular weight is 335 g/mol. The summed E-state index contributed by atoms with van der Waals surface area (Å²) in [6, 6.07) is 13.9. The molecule has 126 valence electrons. The van der Waals surface area contributed by atoms with Crippen molar-refractivity contribution in [2.75, 3.05) is 18.5 Å². The van der Waals surface area contributed by atoms with E-state index in [4.69, 9.17) is 4.74 Å². The van der Waals surface area contributed by atoms with Crippen LogP contribution in [0, 0.1) is 0 Å². The third-order valence-corrected chi connectivity index (χ3v) is 3.91. The molecule has 0 bridgehead atoms. The summed E-state index contributed by atoms with van der Waals surface area (Å²) in [7, 11) is 0. The second-order valence-corrected chi connectivity index (χ2v) is 5.65. The van der Waals surface area contributed by atoms with Gasteiger partial charge in [-0.2, -0.15) is 0 Å². The Balaban J connectivity index is 1.39. The van der Waals surface area contributed by atoms with Crippen molar-refractivity contribution in [1.29, 1.82) is 0 Å². The Labute approximate surface area is 143 Å². The molecule has 0 saturated carbocycles. The Morgan fingerprint density at radius 2 is 1.96 bits per heavy atom. The first-order valence-electron chi connectivity index (χ1n) is 7.98. The van der Waals surface area contributed by atoms with Crippen LogP contribution in [0.2, 0.25) is 0 Å². The fourth-order valence-electron chi connectivity index (χ4n) is 2.68. The molecule has 4 aromatic rings. The molecule has 0 radical (unpaired) electrons. The first-order chi connectivity index (χ1) is 12.3. The number of fused-ring (bicyclic) bond motifs is 2. The highest BCUT2D eigenvalue weighted by molar-refractivity contribution is 5.88. The molecule has 0 fully saturated rings. The van der Waals surface area contributed by atoms with Gasteiger partial charge in [0, 0.05) is 11.9 Å². The minimum Gasteiger partial charge on any atom is -0.490 e. The third kappa shape index (κ3) is 3.22. The van der Waals surface area contributed by atoms with Crippen LogP contribution in [0.1, 0.15) is 0 Å². The standard InChI is InChI=1S/C18H17N5O2/c24-13(8-19-17-16-18(21-10-20-16)23-11-22-17)9-25-15-7-3-5-12-4-1-2-6-14(12)15/h1-7,10-11,13,24H,8-9H2,(H2,19,20,21,22,23). The number of anilines is 1. The summed E-state index contributed by atoms with van der Waals surface area (Å²) in [6.07, 6.45) is 2.31. The second-order valence-electron chi connectivity index (χ2n) is 5.65. The molecule has 0 aliphatic carbocycles. The summed E-state index contributed by atoms with van der Waals surface area (Å²) in [4.78, 5) is 15.3. The van der Waals surface area contributed by atoms with Gasteiger partial charge in [-0.25, -0.2) is 15.0 Å². The highest BCUT2D eigenvalue weighted by Gasteiger charge is 2.10. The first kappa shape index (κ1) is 15.3. The second kappa shape index (κ2) is 6.74. The highest BCUT2D eigenvalue weighted by Crippen LogP contribution is 2.25. The molecule has 7 nitrogen and oxygen atoms in total. The van der Waals surface area contributed by atoms with Crippen LogP contribution in [0.25, 0.3) is 21.9 Å². The lowest BCUT2D eigenvalue weighted by molar-refractivity contribution is 0.118. The molecule has 2 aromatic carbocycles. The third-order valence-electron chi connectivity index (χ3n) is 3.91. The number of benzene rings is 2. The largest absolute Gasteiger partial charge is 0.490 e. The number of ether oxygens (including phenoxy) is 1. The molecule has 25 heavy (non-hydrogen) atoms. The van der Waals surface area contributed by atoms with E-state index in [0.29, 0.717) is 23.5 Å². The van der Waals surface area contributed by atoms with Crippen molar-refractivity contribution in [1.82, 2.24) is 19.9 Å². The van der Waals surface area contributed by atoms with Gasteiger partial charge in [0.05, 0.1) is 6.33 Å². The normalized spacial score (nSPS) is 12.4. The molecule has 4 rings (SSSR count). The topological polar surface area (TPSA) is 96.0 Å². The highest BCUT2D eigenvalue weighted by atomic mass is 16.5. The van der Waals surface area contributed by atoms with Gasteiger partial charge < -0.3 is 20.1 Å². The van der Waals surface area contributed by atoms with Crippen molar-refractivity contribution < 1.29 is 9.84 Å². The molecule has 0 aliphatic heterocycles. The Bertz CT molecular complexity index is 996. The van der Waals surface area contributed by atoms with Gasteiger partial charge in [-0.15, -0.1) is 0 Å². The molecule has 0 saturated heterocycles. The van der Waals surface area contributed by atoms with Crippen LogP contribution >= 0.6 is 0 Å². The van der Waals surface area contributed by atoms with E-state index in [2.05, 4.69) is 25.3 Å². The molecule has 1 atom stereocenters. The zero-order valence-electron chi connectivity index (χ0n) is 13.4. The molecule has 0 amide bonds. The molecule has 7 heteroatoms. The van der Waals surface area contributed by atoms with Gasteiger partial charge in [-0.05, 0) is 11.5 Å². The maximum absolute atomic E-state index is 10.2. The van der Waals surface area contributed by atoms with E-state index in [1.807, 2.05) is 42.5 Å². The van der Waals surface area contributed by atoms with Gasteiger partial charge >= 0.3 is 0 Å². The molecule has 2 aromatic heterocycles. The quantitative estimate of drug-likeness (QED) is 0.500. The van der Waals surface area contributed by atoms with Crippen molar-refractivity contribution in [3.05, 3.63) is 55.1 Å². The number of hydrogen-bond acceptors (Lipinski definition) is 6. The molecular weight excluding hydrogens is 318 g/mol. The summed E-state index contributed by atoms with van der Waals surface area (Å²) in [6.45, 7) is 0.480. The van der Waals surface area contributed by atoms with Crippen LogP contribution in [-0.2, 0) is 0 Å². The number of imidazole rings is 1. The zero-order chi connectivity index (χ0) is 17.1. The van der Waals surface area contributed by atoms with Crippen molar-refractivity contribution >= 4 is 27.8 Å². The number of aliphatic hydroxyl groups is 1. The Morgan fingerprint density at radius 3 is 2.92 bits per heavy atom. The number of nitrogens with zero attached hydrogens (tertiary/aromatic N) is 3. The Hall–Kier alpha value is -3.19. The van der Waals surface area contributed by atoms with Gasteiger partial charge in [-0.3, -0.25) is 0 Å². The number of aliphatic hydroxyl groups excluding tert-OH is 1. The van der Waals surface area contributed by atoms with Crippen LogP contribution < -0.4 is 10.1 Å². The number of aromatic amines is 1. The lowest BCUT2D eigenvalue weighted by atomic mass is 10.1. The molecule has 0 spiro atoms. The summed E-state index contributed by atoms with van der Waals surface area (Å²) >= 11 is 0. The predicted molar refractivity (Wildman–Crippen MR) is 95.6 cm³/mol. The maximum atomic E-state index is 10.2. The van der Waals surface area contributed by atoms with E-state index in [-0.39, 0.29) is 6.61 Å². The van der Waals surface area contributed by atoms with Gasteiger partial charge in [0.25, 0.3) is 0 Å². The van der Waals surface area contributed by atoms with E-state index in [1.54, 1.807) is 6.33 Å². The zero-order valence-corrected chi connectivity index (χ0v) is 13.4. The fourth-order valence-corrected chi connectivity index (χ4v) is 2.68. The van der Waals surface area contributed by atoms with Gasteiger partial charge in [0.15, 0.2) is 11.5 Å². The molecular formula is C18H17N5O2. The average Bonchev–Trinajstić information content (AvgIpc) is 3.14. The molecule has 0 aliphatic rings. The molecule has 2 heterocycles. The summed E-state index contributed by atoms with van der Waals surface area (Å²) in [5, 5.41) is 15.4. The summed E-state index contributed by atoms with van der Waals surface area (Å²) in [5.74, 6) is 1.36. The van der Waals surface area contributed by atoms with Gasteiger partial charge in [-0.1, -0.05) is 36.4 Å². The summed E-state index contributed by atoms with van der Waals surface area (Å²) in [5.41, 5.74) is 1.30. The summed E-state index contributed by atoms with van der Waals surface area (Å²) < 4.78 is 5.80. The SMILES string of the molecule is OC(CNc1ncnc2nc[nH]c12)COc1cccc2ccccc12. The number of H-pyrrole nitrogens is 1. The van der Waals surface area contributed by atoms with E-state index < -0.39 is 6.10 Å². The molecule has 3 N–H and O–H groups in total. The van der Waals surface area contributed by atoms with Crippen LogP contribution in [0.3, 0.4) is 0 Å². The fraction of sp³-hybridized carbons (Fsp3) is 0.167. The Kier molecular flexibility index (Phi) is 4.14. The minimum absolute atomic E-state index is 0.179. The van der Waals surface area contributed by atoms with Crippen molar-refractivity contribution in [3.63, 3.8) is 0 Å². The van der Waals surface area contributed by atoms with Gasteiger partial charge in [0.1, 0.15) is 30.3 Å². The lowest BCUT2D eigenvalue weighted by Gasteiger charge is -2.15. The number of hydrogen-bond donors (Lipinski definition) is 3. The predicted octanol–water partition coefficient (Wildman–Crippen LogP) is 2.36. The van der Waals surface area contributed by atoms with Crippen molar-refractivity contribution in [2.24, 2.45) is 0 Å². The van der Waals surface area contributed by atoms with Crippen LogP contribution in [0.4, 0.5) is 5.82 Å². The van der Waals surface area contributed by atoms with Crippen LogP contribution in [0.5, 0.6) is 5.75 Å². The van der Waals surface area contributed by atoms with E-state index in [9.17, 15) is 5.11 Å². The van der Waals surface area contributed by atoms with Crippen molar-refractivity contribution in [2.45, 2.75) is 6.10 Å². The van der Waals surface area contributed by atoms with E-state index in [0.717, 1.165) is 16.5 Å². The smallest absolute Gasteiger partial charge is 0.182 e. The Morgan fingerprint density at radius 1 is 1.08 bits per heavy atom. The van der Waals surface area contributed by atoms with Gasteiger partial charge in [0.2, 0.25) is 0 Å². The molecule has 1 unspecified atom stereocenters. The van der Waals surface area contributed by atoms with E-state index >= 15 is 0 Å². The lowest BCUT2D eigenvalue weighted by Crippen LogP contribution is -2.26. The number of nitrogens with one attached hydrogen (secondary N) is 2. The monoisotopic (exact) mass is 335 g/mol. The minimum atomic E-state index is -0.688. The maximum Gasteiger partial charge on any atom is 0.182 e. The van der Waals surface area contributed by atoms with E-state index in [1.165, 1.54) is 6.33 Å². The number of rotatable bonds is 6.